The van der Waals surface area contributed by atoms with Crippen LogP contribution in [0, 0.1) is 0 Å². The molecule has 0 aliphatic rings. The molecule has 0 saturated carbocycles. The largest absolute Gasteiger partial charge is 0.490 e. The predicted octanol–water partition coefficient (Wildman–Crippen LogP) is 3.28. The average Bonchev–Trinajstić information content (AvgIpc) is 3.29. The lowest BCUT2D eigenvalue weighted by Gasteiger charge is -2.28. The fourth-order valence-corrected chi connectivity index (χ4v) is 3.47. The van der Waals surface area contributed by atoms with Gasteiger partial charge in [0.05, 0.1) is 5.54 Å². The molecule has 0 fully saturated rings. The molecule has 0 radical (unpaired) electrons. The molecule has 2 heterocycles. The summed E-state index contributed by atoms with van der Waals surface area (Å²) in [6, 6.07) is 7.84. The quantitative estimate of drug-likeness (QED) is 0.586. The molecule has 0 bridgehead atoms. The Morgan fingerprint density at radius 2 is 2.29 bits per heavy atom. The molecule has 3 aromatic rings. The van der Waals surface area contributed by atoms with Crippen molar-refractivity contribution in [3.8, 4) is 5.75 Å². The van der Waals surface area contributed by atoms with E-state index < -0.39 is 6.10 Å². The van der Waals surface area contributed by atoms with Gasteiger partial charge in [0.15, 0.2) is 0 Å². The fraction of sp³-hybridized carbons (Fsp3) is 0.389. The van der Waals surface area contributed by atoms with Gasteiger partial charge in [-0.3, -0.25) is 0 Å². The summed E-state index contributed by atoms with van der Waals surface area (Å²) in [6.45, 7) is 4.92. The summed E-state index contributed by atoms with van der Waals surface area (Å²) in [5.41, 5.74) is 0.804. The van der Waals surface area contributed by atoms with Gasteiger partial charge in [-0.1, -0.05) is 13.0 Å². The maximum absolute atomic E-state index is 10.3. The summed E-state index contributed by atoms with van der Waals surface area (Å²) < 4.78 is 5.81. The van der Waals surface area contributed by atoms with Gasteiger partial charge in [0.25, 0.3) is 0 Å². The van der Waals surface area contributed by atoms with E-state index in [2.05, 4.69) is 29.1 Å². The Balaban J connectivity index is 1.56. The van der Waals surface area contributed by atoms with Gasteiger partial charge in [-0.2, -0.15) is 0 Å². The Morgan fingerprint density at radius 1 is 1.42 bits per heavy atom. The number of nitrogens with one attached hydrogen (secondary N) is 2. The highest BCUT2D eigenvalue weighted by Gasteiger charge is 2.27. The lowest BCUT2D eigenvalue weighted by atomic mass is 9.99. The molecule has 6 heteroatoms. The molecular formula is C18H23N3O2S. The van der Waals surface area contributed by atoms with Gasteiger partial charge < -0.3 is 20.1 Å². The average molecular weight is 345 g/mol. The Morgan fingerprint density at radius 3 is 3.04 bits per heavy atom. The summed E-state index contributed by atoms with van der Waals surface area (Å²) in [5.74, 6) is 0.783. The number of aliphatic hydroxyl groups is 1. The first kappa shape index (κ1) is 17.0. The van der Waals surface area contributed by atoms with Crippen LogP contribution in [0.1, 0.15) is 25.3 Å². The van der Waals surface area contributed by atoms with E-state index in [1.165, 1.54) is 0 Å². The van der Waals surface area contributed by atoms with Crippen LogP contribution in [-0.4, -0.2) is 34.3 Å². The zero-order valence-corrected chi connectivity index (χ0v) is 14.8. The predicted molar refractivity (Wildman–Crippen MR) is 97.6 cm³/mol. The molecule has 2 aromatic heterocycles. The van der Waals surface area contributed by atoms with E-state index in [4.69, 9.17) is 4.74 Å². The number of aliphatic hydroxyl groups excluding tert-OH is 1. The van der Waals surface area contributed by atoms with E-state index >= 15 is 0 Å². The monoisotopic (exact) mass is 345 g/mol. The van der Waals surface area contributed by atoms with Crippen LogP contribution >= 0.6 is 11.3 Å². The molecule has 0 aliphatic heterocycles. The van der Waals surface area contributed by atoms with Crippen molar-refractivity contribution in [2.24, 2.45) is 0 Å². The number of H-pyrrole nitrogens is 1. The summed E-state index contributed by atoms with van der Waals surface area (Å²) in [5, 5.41) is 17.7. The van der Waals surface area contributed by atoms with Crippen molar-refractivity contribution in [2.75, 3.05) is 13.2 Å². The number of thiazole rings is 1. The first-order valence-corrected chi connectivity index (χ1v) is 9.02. The number of hydrogen-bond acceptors (Lipinski definition) is 5. The SMILES string of the molecule is CCC(C)(NCC(O)COc1cccc2[nH]ccc12)c1nccs1. The molecule has 3 rings (SSSR count). The highest BCUT2D eigenvalue weighted by molar-refractivity contribution is 7.09. The second kappa shape index (κ2) is 7.34. The highest BCUT2D eigenvalue weighted by atomic mass is 32.1. The Bertz CT molecular complexity index is 772. The van der Waals surface area contributed by atoms with Crippen LogP contribution in [0.4, 0.5) is 0 Å². The Kier molecular flexibility index (Phi) is 5.18. The summed E-state index contributed by atoms with van der Waals surface area (Å²) in [6.07, 6.45) is 4.00. The number of aromatic amines is 1. The van der Waals surface area contributed by atoms with Crippen LogP contribution in [0.2, 0.25) is 0 Å². The first-order valence-electron chi connectivity index (χ1n) is 8.14. The molecule has 24 heavy (non-hydrogen) atoms. The molecule has 0 amide bonds. The zero-order valence-electron chi connectivity index (χ0n) is 14.0. The minimum Gasteiger partial charge on any atom is -0.490 e. The number of nitrogens with zero attached hydrogens (tertiary/aromatic N) is 1. The number of ether oxygens (including phenoxy) is 1. The van der Waals surface area contributed by atoms with Crippen LogP contribution in [0.5, 0.6) is 5.75 Å². The number of benzene rings is 1. The molecule has 1 aromatic carbocycles. The molecule has 0 aliphatic carbocycles. The molecule has 0 saturated heterocycles. The molecular weight excluding hydrogens is 322 g/mol. The lowest BCUT2D eigenvalue weighted by Crippen LogP contribution is -2.44. The second-order valence-electron chi connectivity index (χ2n) is 6.06. The number of hydrogen-bond donors (Lipinski definition) is 3. The van der Waals surface area contributed by atoms with Crippen molar-refractivity contribution >= 4 is 22.2 Å². The number of fused-ring (bicyclic) bond motifs is 1. The van der Waals surface area contributed by atoms with Crippen LogP contribution in [-0.2, 0) is 5.54 Å². The maximum atomic E-state index is 10.3. The lowest BCUT2D eigenvalue weighted by molar-refractivity contribution is 0.0976. The van der Waals surface area contributed by atoms with Crippen LogP contribution in [0.15, 0.2) is 42.0 Å². The summed E-state index contributed by atoms with van der Waals surface area (Å²) >= 11 is 1.63. The Hall–Kier alpha value is -1.89. The van der Waals surface area contributed by atoms with Crippen LogP contribution in [0.3, 0.4) is 0 Å². The van der Waals surface area contributed by atoms with Gasteiger partial charge in [0, 0.05) is 35.2 Å². The van der Waals surface area contributed by atoms with E-state index in [9.17, 15) is 5.11 Å². The molecule has 128 valence electrons. The first-order chi connectivity index (χ1) is 11.6. The smallest absolute Gasteiger partial charge is 0.128 e. The third-order valence-electron chi connectivity index (χ3n) is 4.33. The molecule has 2 atom stereocenters. The third kappa shape index (κ3) is 3.61. The maximum Gasteiger partial charge on any atom is 0.128 e. The van der Waals surface area contributed by atoms with Gasteiger partial charge in [0.1, 0.15) is 23.5 Å². The van der Waals surface area contributed by atoms with Crippen molar-refractivity contribution in [2.45, 2.75) is 31.9 Å². The van der Waals surface area contributed by atoms with Gasteiger partial charge in [-0.25, -0.2) is 4.98 Å². The van der Waals surface area contributed by atoms with Gasteiger partial charge in [0.2, 0.25) is 0 Å². The van der Waals surface area contributed by atoms with Gasteiger partial charge in [-0.15, -0.1) is 11.3 Å². The summed E-state index contributed by atoms with van der Waals surface area (Å²) in [7, 11) is 0. The molecule has 3 N–H and O–H groups in total. The standard InChI is InChI=1S/C18H23N3O2S/c1-3-18(2,17-20-9-10-24-17)21-11-13(22)12-23-16-6-4-5-15-14(16)7-8-19-15/h4-10,13,19,21-22H,3,11-12H2,1-2H3. The second-order valence-corrected chi connectivity index (χ2v) is 6.96. The minimum atomic E-state index is -0.593. The summed E-state index contributed by atoms with van der Waals surface area (Å²) in [4.78, 5) is 7.55. The van der Waals surface area contributed by atoms with E-state index in [1.54, 1.807) is 11.3 Å². The van der Waals surface area contributed by atoms with Crippen molar-refractivity contribution < 1.29 is 9.84 Å². The third-order valence-corrected chi connectivity index (χ3v) is 5.36. The molecule has 5 nitrogen and oxygen atoms in total. The van der Waals surface area contributed by atoms with Gasteiger partial charge in [-0.05, 0) is 31.5 Å². The van der Waals surface area contributed by atoms with E-state index in [1.807, 2.05) is 42.0 Å². The Labute approximate surface area is 145 Å². The fourth-order valence-electron chi connectivity index (χ4n) is 2.62. The van der Waals surface area contributed by atoms with Crippen molar-refractivity contribution in [3.63, 3.8) is 0 Å². The molecule has 0 spiro atoms. The van der Waals surface area contributed by atoms with Crippen molar-refractivity contribution in [3.05, 3.63) is 47.0 Å². The minimum absolute atomic E-state index is 0.226. The van der Waals surface area contributed by atoms with E-state index in [-0.39, 0.29) is 12.1 Å². The van der Waals surface area contributed by atoms with Crippen molar-refractivity contribution in [1.82, 2.24) is 15.3 Å². The van der Waals surface area contributed by atoms with E-state index in [0.717, 1.165) is 28.1 Å². The highest BCUT2D eigenvalue weighted by Crippen LogP contribution is 2.26. The normalized spacial score (nSPS) is 15.3. The topological polar surface area (TPSA) is 70.2 Å². The van der Waals surface area contributed by atoms with Crippen LogP contribution < -0.4 is 10.1 Å². The molecule has 2 unspecified atom stereocenters. The van der Waals surface area contributed by atoms with E-state index in [0.29, 0.717) is 6.54 Å². The van der Waals surface area contributed by atoms with Crippen molar-refractivity contribution in [1.29, 1.82) is 0 Å². The van der Waals surface area contributed by atoms with Gasteiger partial charge >= 0.3 is 0 Å². The zero-order chi connectivity index (χ0) is 17.0. The number of rotatable bonds is 8. The van der Waals surface area contributed by atoms with Crippen LogP contribution in [0.25, 0.3) is 10.9 Å². The number of aromatic nitrogens is 2.